The fraction of sp³-hybridized carbons (Fsp3) is 0.292. The van der Waals surface area contributed by atoms with Gasteiger partial charge in [-0.15, -0.1) is 11.3 Å². The zero-order valence-electron chi connectivity index (χ0n) is 18.4. The number of carbonyl (C=O) groups excluding carboxylic acids is 1. The second-order valence-electron chi connectivity index (χ2n) is 7.88. The van der Waals surface area contributed by atoms with Gasteiger partial charge in [0.1, 0.15) is 11.1 Å². The number of benzene rings is 1. The highest BCUT2D eigenvalue weighted by Crippen LogP contribution is 2.28. The van der Waals surface area contributed by atoms with Crippen LogP contribution < -0.4 is 10.9 Å². The lowest BCUT2D eigenvalue weighted by molar-refractivity contribution is -0.117. The van der Waals surface area contributed by atoms with Crippen LogP contribution in [0.15, 0.2) is 51.7 Å². The predicted octanol–water partition coefficient (Wildman–Crippen LogP) is 4.19. The summed E-state index contributed by atoms with van der Waals surface area (Å²) in [6.07, 6.45) is 0.839. The van der Waals surface area contributed by atoms with Crippen LogP contribution in [0.3, 0.4) is 0 Å². The standard InChI is InChI=1S/C24H26N4O3S/c1-15-9-10-19(32-15)13-28(12-11-18-7-5-4-6-8-18)14-20(29)25-24-22-21(17(3)31-24)16(2)26-27-23(22)30/h4-10H,11-14H2,1-3H3,(H,25,29)(H,27,30). The Morgan fingerprint density at radius 1 is 1.12 bits per heavy atom. The molecular formula is C24H26N4O3S. The Kier molecular flexibility index (Phi) is 6.53. The Morgan fingerprint density at radius 2 is 1.91 bits per heavy atom. The van der Waals surface area contributed by atoms with Crippen molar-refractivity contribution in [1.29, 1.82) is 0 Å². The van der Waals surface area contributed by atoms with Crippen LogP contribution in [-0.2, 0) is 17.8 Å². The number of rotatable bonds is 8. The first-order valence-electron chi connectivity index (χ1n) is 10.5. The normalized spacial score (nSPS) is 11.4. The number of amides is 1. The molecule has 0 saturated carbocycles. The van der Waals surface area contributed by atoms with E-state index in [9.17, 15) is 9.59 Å². The van der Waals surface area contributed by atoms with Crippen molar-refractivity contribution in [2.24, 2.45) is 0 Å². The summed E-state index contributed by atoms with van der Waals surface area (Å²) in [4.78, 5) is 29.8. The van der Waals surface area contributed by atoms with Crippen molar-refractivity contribution in [1.82, 2.24) is 15.1 Å². The topological polar surface area (TPSA) is 91.2 Å². The van der Waals surface area contributed by atoms with E-state index in [0.717, 1.165) is 13.0 Å². The first-order valence-corrected chi connectivity index (χ1v) is 11.3. The van der Waals surface area contributed by atoms with E-state index in [4.69, 9.17) is 4.42 Å². The highest BCUT2D eigenvalue weighted by atomic mass is 32.1. The van der Waals surface area contributed by atoms with Gasteiger partial charge in [0.05, 0.1) is 17.6 Å². The summed E-state index contributed by atoms with van der Waals surface area (Å²) in [7, 11) is 0. The molecule has 0 aliphatic rings. The van der Waals surface area contributed by atoms with Crippen LogP contribution in [0, 0.1) is 20.8 Å². The molecule has 4 rings (SSSR count). The molecule has 0 spiro atoms. The Bertz CT molecular complexity index is 1290. The molecule has 3 aromatic heterocycles. The van der Waals surface area contributed by atoms with E-state index < -0.39 is 0 Å². The fourth-order valence-corrected chi connectivity index (χ4v) is 4.77. The van der Waals surface area contributed by atoms with Crippen molar-refractivity contribution < 1.29 is 9.21 Å². The molecule has 8 heteroatoms. The van der Waals surface area contributed by atoms with Gasteiger partial charge < -0.3 is 4.42 Å². The molecule has 0 saturated heterocycles. The van der Waals surface area contributed by atoms with Gasteiger partial charge in [0, 0.05) is 22.8 Å². The third-order valence-corrected chi connectivity index (χ3v) is 6.34. The lowest BCUT2D eigenvalue weighted by Gasteiger charge is -2.21. The molecule has 1 amide bonds. The number of nitrogens with zero attached hydrogens (tertiary/aromatic N) is 2. The summed E-state index contributed by atoms with van der Waals surface area (Å²) in [6.45, 7) is 7.23. The van der Waals surface area contributed by atoms with E-state index in [2.05, 4.69) is 51.6 Å². The zero-order chi connectivity index (χ0) is 22.7. The minimum absolute atomic E-state index is 0.171. The number of furan rings is 1. The number of aryl methyl sites for hydroxylation is 3. The van der Waals surface area contributed by atoms with Crippen molar-refractivity contribution in [3.63, 3.8) is 0 Å². The van der Waals surface area contributed by atoms with Crippen molar-refractivity contribution in [2.45, 2.75) is 33.7 Å². The number of nitrogens with one attached hydrogen (secondary N) is 2. The molecule has 2 N–H and O–H groups in total. The second kappa shape index (κ2) is 9.50. The Balaban J connectivity index is 1.51. The molecule has 0 bridgehead atoms. The van der Waals surface area contributed by atoms with Gasteiger partial charge in [0.25, 0.3) is 5.56 Å². The predicted molar refractivity (Wildman–Crippen MR) is 127 cm³/mol. The summed E-state index contributed by atoms with van der Waals surface area (Å²) in [5.41, 5.74) is 1.49. The van der Waals surface area contributed by atoms with Crippen LogP contribution in [0.25, 0.3) is 10.8 Å². The molecule has 4 aromatic rings. The summed E-state index contributed by atoms with van der Waals surface area (Å²) in [5, 5.41) is 10.2. The Labute approximate surface area is 190 Å². The third kappa shape index (κ3) is 4.98. The summed E-state index contributed by atoms with van der Waals surface area (Å²) in [6, 6.07) is 14.4. The number of hydrogen-bond acceptors (Lipinski definition) is 6. The van der Waals surface area contributed by atoms with Gasteiger partial charge in [-0.1, -0.05) is 30.3 Å². The van der Waals surface area contributed by atoms with Gasteiger partial charge in [-0.2, -0.15) is 5.10 Å². The number of H-pyrrole nitrogens is 1. The van der Waals surface area contributed by atoms with E-state index >= 15 is 0 Å². The minimum atomic E-state index is -0.382. The zero-order valence-corrected chi connectivity index (χ0v) is 19.2. The first-order chi connectivity index (χ1) is 15.4. The monoisotopic (exact) mass is 450 g/mol. The van der Waals surface area contributed by atoms with E-state index in [1.807, 2.05) is 18.2 Å². The number of hydrogen-bond donors (Lipinski definition) is 2. The molecule has 0 unspecified atom stereocenters. The average molecular weight is 451 g/mol. The number of fused-ring (bicyclic) bond motifs is 1. The maximum Gasteiger partial charge on any atom is 0.277 e. The van der Waals surface area contributed by atoms with Crippen LogP contribution in [-0.4, -0.2) is 34.1 Å². The summed E-state index contributed by atoms with van der Waals surface area (Å²) >= 11 is 1.73. The van der Waals surface area contributed by atoms with Gasteiger partial charge in [-0.3, -0.25) is 19.8 Å². The Morgan fingerprint density at radius 3 is 2.62 bits per heavy atom. The molecule has 3 heterocycles. The Hall–Kier alpha value is -3.23. The van der Waals surface area contributed by atoms with Crippen LogP contribution in [0.2, 0.25) is 0 Å². The van der Waals surface area contributed by atoms with Crippen molar-refractivity contribution in [3.05, 3.63) is 79.6 Å². The van der Waals surface area contributed by atoms with E-state index in [0.29, 0.717) is 28.8 Å². The van der Waals surface area contributed by atoms with Gasteiger partial charge in [-0.05, 0) is 44.9 Å². The van der Waals surface area contributed by atoms with Gasteiger partial charge in [-0.25, -0.2) is 5.10 Å². The number of thiophene rings is 1. The number of aromatic nitrogens is 2. The highest BCUT2D eigenvalue weighted by Gasteiger charge is 2.20. The SMILES string of the molecule is Cc1ccc(CN(CCc2ccccc2)CC(=O)Nc2oc(C)c3c(C)n[nH]c(=O)c23)s1. The largest absolute Gasteiger partial charge is 0.444 e. The van der Waals surface area contributed by atoms with E-state index in [1.54, 1.807) is 25.2 Å². The quantitative estimate of drug-likeness (QED) is 0.420. The molecule has 0 atom stereocenters. The van der Waals surface area contributed by atoms with Gasteiger partial charge in [0.2, 0.25) is 11.8 Å². The van der Waals surface area contributed by atoms with E-state index in [1.165, 1.54) is 15.3 Å². The molecule has 0 fully saturated rings. The van der Waals surface area contributed by atoms with Gasteiger partial charge >= 0.3 is 0 Å². The smallest absolute Gasteiger partial charge is 0.277 e. The molecule has 1 aromatic carbocycles. The number of aromatic amines is 1. The maximum atomic E-state index is 12.9. The highest BCUT2D eigenvalue weighted by molar-refractivity contribution is 7.11. The van der Waals surface area contributed by atoms with Crippen LogP contribution in [0.5, 0.6) is 0 Å². The first kappa shape index (κ1) is 22.0. The molecule has 166 valence electrons. The lowest BCUT2D eigenvalue weighted by Crippen LogP contribution is -2.34. The summed E-state index contributed by atoms with van der Waals surface area (Å²) in [5.74, 6) is 0.501. The maximum absolute atomic E-state index is 12.9. The molecule has 32 heavy (non-hydrogen) atoms. The molecular weight excluding hydrogens is 424 g/mol. The second-order valence-corrected chi connectivity index (χ2v) is 9.25. The van der Waals surface area contributed by atoms with Crippen molar-refractivity contribution >= 4 is 33.9 Å². The minimum Gasteiger partial charge on any atom is -0.444 e. The summed E-state index contributed by atoms with van der Waals surface area (Å²) < 4.78 is 5.72. The molecule has 0 aliphatic heterocycles. The average Bonchev–Trinajstić information content (AvgIpc) is 3.32. The van der Waals surface area contributed by atoms with Crippen molar-refractivity contribution in [2.75, 3.05) is 18.4 Å². The molecule has 0 aliphatic carbocycles. The van der Waals surface area contributed by atoms with Crippen molar-refractivity contribution in [3.8, 4) is 0 Å². The van der Waals surface area contributed by atoms with Crippen LogP contribution in [0.4, 0.5) is 5.88 Å². The van der Waals surface area contributed by atoms with Crippen LogP contribution >= 0.6 is 11.3 Å². The third-order valence-electron chi connectivity index (χ3n) is 5.35. The van der Waals surface area contributed by atoms with Gasteiger partial charge in [0.15, 0.2) is 0 Å². The van der Waals surface area contributed by atoms with E-state index in [-0.39, 0.29) is 23.9 Å². The molecule has 0 radical (unpaired) electrons. The number of anilines is 1. The van der Waals surface area contributed by atoms with Crippen LogP contribution in [0.1, 0.15) is 26.8 Å². The number of carbonyl (C=O) groups is 1. The fourth-order valence-electron chi connectivity index (χ4n) is 3.84. The molecule has 7 nitrogen and oxygen atoms in total. The lowest BCUT2D eigenvalue weighted by atomic mass is 10.1.